The van der Waals surface area contributed by atoms with E-state index in [4.69, 9.17) is 11.5 Å². The molecule has 0 spiro atoms. The fraction of sp³-hybridized carbons (Fsp3) is 0.351. The summed E-state index contributed by atoms with van der Waals surface area (Å²) in [5.74, 6) is -5.85. The summed E-state index contributed by atoms with van der Waals surface area (Å²) in [5.41, 5.74) is 13.1. The number of aliphatic hydroxyl groups excluding tert-OH is 1. The van der Waals surface area contributed by atoms with Crippen LogP contribution in [0.25, 0.3) is 0 Å². The van der Waals surface area contributed by atoms with E-state index >= 15 is 0 Å². The van der Waals surface area contributed by atoms with Crippen LogP contribution in [-0.4, -0.2) is 77.4 Å². The average molecular weight is 702 g/mol. The van der Waals surface area contributed by atoms with Gasteiger partial charge in [-0.15, -0.1) is 0 Å². The highest BCUT2D eigenvalue weighted by atomic mass is 16.3. The maximum atomic E-state index is 14.2. The van der Waals surface area contributed by atoms with Gasteiger partial charge in [0.05, 0.1) is 13.0 Å². The third-order valence-corrected chi connectivity index (χ3v) is 8.11. The Labute approximate surface area is 297 Å². The molecule has 0 aromatic heterocycles. The molecule has 0 fully saturated rings. The van der Waals surface area contributed by atoms with Crippen LogP contribution in [-0.2, 0) is 35.3 Å². The van der Waals surface area contributed by atoms with E-state index in [2.05, 4.69) is 26.6 Å². The minimum Gasteiger partial charge on any atom is -0.394 e. The van der Waals surface area contributed by atoms with Crippen LogP contribution in [0.1, 0.15) is 49.8 Å². The zero-order valence-electron chi connectivity index (χ0n) is 28.9. The Morgan fingerprint density at radius 3 is 1.61 bits per heavy atom. The van der Waals surface area contributed by atoms with E-state index in [-0.39, 0.29) is 6.54 Å². The van der Waals surface area contributed by atoms with Crippen LogP contribution in [0.5, 0.6) is 0 Å². The lowest BCUT2D eigenvalue weighted by atomic mass is 9.84. The van der Waals surface area contributed by atoms with Gasteiger partial charge in [-0.05, 0) is 29.5 Å². The number of primary amides is 1. The lowest BCUT2D eigenvalue weighted by Gasteiger charge is -2.32. The highest BCUT2D eigenvalue weighted by Gasteiger charge is 2.37. The zero-order valence-corrected chi connectivity index (χ0v) is 28.9. The number of hydrogen-bond acceptors (Lipinski definition) is 8. The Bertz CT molecular complexity index is 1580. The Morgan fingerprint density at radius 1 is 0.627 bits per heavy atom. The van der Waals surface area contributed by atoms with Crippen LogP contribution in [0.4, 0.5) is 0 Å². The van der Waals surface area contributed by atoms with Crippen molar-refractivity contribution in [1.29, 1.82) is 0 Å². The molecule has 5 atom stereocenters. The largest absolute Gasteiger partial charge is 0.394 e. The Hall–Kier alpha value is -5.60. The molecule has 3 rings (SSSR count). The molecule has 0 bridgehead atoms. The van der Waals surface area contributed by atoms with Crippen molar-refractivity contribution in [2.24, 2.45) is 17.4 Å². The number of benzene rings is 3. The number of carbonyl (C=O) groups excluding carboxylic acids is 6. The fourth-order valence-electron chi connectivity index (χ4n) is 5.31. The molecule has 0 radical (unpaired) electrons. The van der Waals surface area contributed by atoms with E-state index in [0.29, 0.717) is 11.1 Å². The molecule has 0 saturated heterocycles. The molecule has 6 amide bonds. The first-order valence-corrected chi connectivity index (χ1v) is 16.6. The highest BCUT2D eigenvalue weighted by molar-refractivity contribution is 5.97. The molecule has 3 aromatic carbocycles. The molecule has 10 N–H and O–H groups in total. The molecule has 0 heterocycles. The van der Waals surface area contributed by atoms with Gasteiger partial charge in [-0.1, -0.05) is 105 Å². The number of carbonyl (C=O) groups is 6. The Morgan fingerprint density at radius 2 is 1.12 bits per heavy atom. The molecule has 0 aliphatic rings. The van der Waals surface area contributed by atoms with Crippen LogP contribution in [0, 0.1) is 5.92 Å². The fourth-order valence-corrected chi connectivity index (χ4v) is 5.31. The normalized spacial score (nSPS) is 13.9. The number of nitrogens with one attached hydrogen (secondary N) is 5. The predicted octanol–water partition coefficient (Wildman–Crippen LogP) is -0.0550. The summed E-state index contributed by atoms with van der Waals surface area (Å²) < 4.78 is 0. The van der Waals surface area contributed by atoms with Gasteiger partial charge in [0.15, 0.2) is 0 Å². The first-order valence-electron chi connectivity index (χ1n) is 16.6. The summed E-state index contributed by atoms with van der Waals surface area (Å²) in [4.78, 5) is 78.8. The standard InChI is InChI=1S/C37H47N7O7/c1-22(2)31(43-35(49)28(19-29(39)46)42-34(48)27(38)21-45)36(50)44-32(30(25-15-9-5-10-16-25)26-17-11-6-12-18-26)37(51)41-23(3)33(47)40-20-24-13-7-4-8-14-24/h4-18,22-23,27-28,30-32,45H,19-21,38H2,1-3H3,(H2,39,46)(H,40,47)(H,41,51)(H,42,48)(H,43,49)(H,44,50)/t23-,27-,28-,31-,32-/m0/s1. The highest BCUT2D eigenvalue weighted by Crippen LogP contribution is 2.29. The second-order valence-corrected chi connectivity index (χ2v) is 12.5. The van der Waals surface area contributed by atoms with Crippen LogP contribution in [0.2, 0.25) is 0 Å². The third kappa shape index (κ3) is 12.0. The van der Waals surface area contributed by atoms with Crippen molar-refractivity contribution in [2.45, 2.75) is 69.9 Å². The Kier molecular flexibility index (Phi) is 15.3. The molecule has 14 nitrogen and oxygen atoms in total. The summed E-state index contributed by atoms with van der Waals surface area (Å²) in [7, 11) is 0. The van der Waals surface area contributed by atoms with Gasteiger partial charge in [-0.2, -0.15) is 0 Å². The van der Waals surface area contributed by atoms with Crippen molar-refractivity contribution in [3.05, 3.63) is 108 Å². The van der Waals surface area contributed by atoms with Crippen molar-refractivity contribution in [1.82, 2.24) is 26.6 Å². The van der Waals surface area contributed by atoms with Crippen LogP contribution >= 0.6 is 0 Å². The van der Waals surface area contributed by atoms with Crippen molar-refractivity contribution < 1.29 is 33.9 Å². The minimum absolute atomic E-state index is 0.246. The van der Waals surface area contributed by atoms with Gasteiger partial charge in [0.1, 0.15) is 30.2 Å². The van der Waals surface area contributed by atoms with Gasteiger partial charge in [-0.3, -0.25) is 28.8 Å². The van der Waals surface area contributed by atoms with E-state index in [1.165, 1.54) is 6.92 Å². The maximum Gasteiger partial charge on any atom is 0.244 e. The van der Waals surface area contributed by atoms with Crippen molar-refractivity contribution in [3.8, 4) is 0 Å². The lowest BCUT2D eigenvalue weighted by molar-refractivity contribution is -0.136. The van der Waals surface area contributed by atoms with Gasteiger partial charge in [0, 0.05) is 12.5 Å². The van der Waals surface area contributed by atoms with E-state index in [1.807, 2.05) is 66.7 Å². The summed E-state index contributed by atoms with van der Waals surface area (Å²) in [5, 5.41) is 22.5. The van der Waals surface area contributed by atoms with Gasteiger partial charge >= 0.3 is 0 Å². The van der Waals surface area contributed by atoms with Crippen molar-refractivity contribution in [3.63, 3.8) is 0 Å². The lowest BCUT2D eigenvalue weighted by Crippen LogP contribution is -2.61. The monoisotopic (exact) mass is 701 g/mol. The second-order valence-electron chi connectivity index (χ2n) is 12.5. The molecule has 0 aliphatic carbocycles. The molecule has 0 aliphatic heterocycles. The number of rotatable bonds is 18. The van der Waals surface area contributed by atoms with Crippen molar-refractivity contribution in [2.75, 3.05) is 6.61 Å². The molecule has 0 saturated carbocycles. The maximum absolute atomic E-state index is 14.2. The van der Waals surface area contributed by atoms with Gasteiger partial charge in [0.25, 0.3) is 0 Å². The third-order valence-electron chi connectivity index (χ3n) is 8.11. The first-order chi connectivity index (χ1) is 24.3. The SMILES string of the molecule is CC(C)[C@H](NC(=O)[C@H](CC(N)=O)NC(=O)[C@@H](N)CO)C(=O)N[C@H](C(=O)N[C@@H](C)C(=O)NCc1ccccc1)C(c1ccccc1)c1ccccc1. The zero-order chi connectivity index (χ0) is 37.5. The number of amides is 6. The van der Waals surface area contributed by atoms with Crippen LogP contribution < -0.4 is 38.1 Å². The first kappa shape index (κ1) is 39.8. The van der Waals surface area contributed by atoms with Gasteiger partial charge in [-0.25, -0.2) is 0 Å². The van der Waals surface area contributed by atoms with Crippen LogP contribution in [0.15, 0.2) is 91.0 Å². The molecule has 14 heteroatoms. The van der Waals surface area contributed by atoms with Gasteiger partial charge < -0.3 is 43.2 Å². The van der Waals surface area contributed by atoms with Crippen LogP contribution in [0.3, 0.4) is 0 Å². The smallest absolute Gasteiger partial charge is 0.244 e. The Balaban J connectivity index is 1.93. The summed E-state index contributed by atoms with van der Waals surface area (Å²) in [6.45, 7) is 4.39. The van der Waals surface area contributed by atoms with E-state index in [9.17, 15) is 33.9 Å². The minimum atomic E-state index is -1.50. The second kappa shape index (κ2) is 19.6. The predicted molar refractivity (Wildman–Crippen MR) is 190 cm³/mol. The number of nitrogens with two attached hydrogens (primary N) is 2. The summed E-state index contributed by atoms with van der Waals surface area (Å²) >= 11 is 0. The quantitative estimate of drug-likeness (QED) is 0.0893. The summed E-state index contributed by atoms with van der Waals surface area (Å²) in [6.07, 6.45) is -0.610. The molecule has 51 heavy (non-hydrogen) atoms. The molecule has 272 valence electrons. The molecular formula is C37H47N7O7. The van der Waals surface area contributed by atoms with Gasteiger partial charge in [0.2, 0.25) is 35.4 Å². The topological polar surface area (TPSA) is 235 Å². The molecular weight excluding hydrogens is 654 g/mol. The average Bonchev–Trinajstić information content (AvgIpc) is 3.12. The van der Waals surface area contributed by atoms with E-state index < -0.39 is 90.5 Å². The van der Waals surface area contributed by atoms with Crippen molar-refractivity contribution >= 4 is 35.4 Å². The van der Waals surface area contributed by atoms with E-state index in [1.54, 1.807) is 38.1 Å². The summed E-state index contributed by atoms with van der Waals surface area (Å²) in [6, 6.07) is 21.0. The van der Waals surface area contributed by atoms with E-state index in [0.717, 1.165) is 5.56 Å². The number of hydrogen-bond donors (Lipinski definition) is 8. The number of aliphatic hydroxyl groups is 1. The molecule has 3 aromatic rings. The molecule has 0 unspecified atom stereocenters.